The summed E-state index contributed by atoms with van der Waals surface area (Å²) < 4.78 is 6.31. The molecule has 0 bridgehead atoms. The minimum atomic E-state index is -1.91. The van der Waals surface area contributed by atoms with Gasteiger partial charge in [-0.3, -0.25) is 10.1 Å². The summed E-state index contributed by atoms with van der Waals surface area (Å²) in [5, 5.41) is 11.8. The summed E-state index contributed by atoms with van der Waals surface area (Å²) in [5.74, 6) is 0.739. The summed E-state index contributed by atoms with van der Waals surface area (Å²) >= 11 is 1.62. The van der Waals surface area contributed by atoms with E-state index in [2.05, 4.69) is 38.8 Å². The van der Waals surface area contributed by atoms with Crippen molar-refractivity contribution < 1.29 is 9.35 Å². The van der Waals surface area contributed by atoms with Crippen LogP contribution in [0, 0.1) is 17.0 Å². The zero-order valence-corrected chi connectivity index (χ0v) is 16.9. The van der Waals surface area contributed by atoms with Gasteiger partial charge in [-0.1, -0.05) is 32.9 Å². The zero-order valence-electron chi connectivity index (χ0n) is 15.0. The Morgan fingerprint density at radius 2 is 1.83 bits per heavy atom. The second kappa shape index (κ2) is 6.64. The number of aromatic nitrogens is 1. The summed E-state index contributed by atoms with van der Waals surface area (Å²) in [7, 11) is -1.91. The normalized spacial score (nSPS) is 12.2. The fourth-order valence-electron chi connectivity index (χ4n) is 1.91. The third kappa shape index (κ3) is 4.21. The number of nitro benzene ring substituents is 1. The van der Waals surface area contributed by atoms with Crippen molar-refractivity contribution in [3.05, 3.63) is 49.8 Å². The van der Waals surface area contributed by atoms with Gasteiger partial charge in [0, 0.05) is 18.6 Å². The first-order valence-electron chi connectivity index (χ1n) is 7.88. The average Bonchev–Trinajstić information content (AvgIpc) is 2.77. The van der Waals surface area contributed by atoms with E-state index in [-0.39, 0.29) is 15.6 Å². The maximum atomic E-state index is 10.7. The van der Waals surface area contributed by atoms with Gasteiger partial charge in [0.25, 0.3) is 14.0 Å². The number of hydrogen-bond acceptors (Lipinski definition) is 5. The van der Waals surface area contributed by atoms with Gasteiger partial charge in [0.1, 0.15) is 5.01 Å². The van der Waals surface area contributed by atoms with E-state index in [1.54, 1.807) is 23.5 Å². The Kier molecular flexibility index (Phi) is 5.15. The van der Waals surface area contributed by atoms with E-state index in [1.165, 1.54) is 12.1 Å². The van der Waals surface area contributed by atoms with Crippen molar-refractivity contribution in [1.82, 2.24) is 4.98 Å². The molecule has 0 saturated carbocycles. The van der Waals surface area contributed by atoms with Crippen LogP contribution in [0.25, 0.3) is 0 Å². The summed E-state index contributed by atoms with van der Waals surface area (Å²) in [4.78, 5) is 16.1. The highest BCUT2D eigenvalue weighted by atomic mass is 32.1. The SMILES string of the molecule is Cc1sc(Cc2ccc([N+](=O)[O-])cc2)nc1O[Si](C)(C)C(C)(C)C. The molecule has 130 valence electrons. The van der Waals surface area contributed by atoms with Crippen molar-refractivity contribution >= 4 is 25.3 Å². The van der Waals surface area contributed by atoms with Crippen LogP contribution in [0.3, 0.4) is 0 Å². The molecule has 1 aromatic heterocycles. The average molecular weight is 365 g/mol. The molecule has 2 rings (SSSR count). The number of nitrogens with zero attached hydrogens (tertiary/aromatic N) is 2. The molecule has 0 N–H and O–H groups in total. The van der Waals surface area contributed by atoms with Gasteiger partial charge in [-0.2, -0.15) is 0 Å². The third-order valence-electron chi connectivity index (χ3n) is 4.46. The fraction of sp³-hybridized carbons (Fsp3) is 0.471. The van der Waals surface area contributed by atoms with Crippen molar-refractivity contribution in [2.45, 2.75) is 52.2 Å². The Morgan fingerprint density at radius 3 is 2.33 bits per heavy atom. The molecule has 24 heavy (non-hydrogen) atoms. The molecule has 0 atom stereocenters. The lowest BCUT2D eigenvalue weighted by Crippen LogP contribution is -2.44. The van der Waals surface area contributed by atoms with Gasteiger partial charge in [-0.15, -0.1) is 11.3 Å². The first-order valence-corrected chi connectivity index (χ1v) is 11.6. The number of nitro groups is 1. The van der Waals surface area contributed by atoms with Crippen molar-refractivity contribution in [1.29, 1.82) is 0 Å². The lowest BCUT2D eigenvalue weighted by Gasteiger charge is -2.35. The molecule has 0 amide bonds. The van der Waals surface area contributed by atoms with Crippen molar-refractivity contribution in [3.63, 3.8) is 0 Å². The lowest BCUT2D eigenvalue weighted by atomic mass is 10.1. The van der Waals surface area contributed by atoms with Crippen molar-refractivity contribution in [2.75, 3.05) is 0 Å². The van der Waals surface area contributed by atoms with Crippen LogP contribution in [-0.4, -0.2) is 18.2 Å². The molecule has 0 radical (unpaired) electrons. The highest BCUT2D eigenvalue weighted by molar-refractivity contribution is 7.11. The summed E-state index contributed by atoms with van der Waals surface area (Å²) in [5.41, 5.74) is 1.12. The smallest absolute Gasteiger partial charge is 0.269 e. The Balaban J connectivity index is 2.15. The predicted octanol–water partition coefficient (Wildman–Crippen LogP) is 5.33. The number of aryl methyl sites for hydroxylation is 1. The van der Waals surface area contributed by atoms with E-state index >= 15 is 0 Å². The second-order valence-corrected chi connectivity index (χ2v) is 13.4. The number of thiazole rings is 1. The minimum absolute atomic E-state index is 0.107. The minimum Gasteiger partial charge on any atom is -0.530 e. The van der Waals surface area contributed by atoms with Gasteiger partial charge in [0.05, 0.1) is 9.80 Å². The quantitative estimate of drug-likeness (QED) is 0.408. The number of benzene rings is 1. The van der Waals surface area contributed by atoms with Gasteiger partial charge in [0.2, 0.25) is 5.88 Å². The van der Waals surface area contributed by atoms with Gasteiger partial charge < -0.3 is 4.43 Å². The predicted molar refractivity (Wildman–Crippen MR) is 101 cm³/mol. The molecule has 1 heterocycles. The Bertz CT molecular complexity index is 733. The monoisotopic (exact) mass is 364 g/mol. The van der Waals surface area contributed by atoms with Crippen LogP contribution in [0.5, 0.6) is 5.88 Å². The zero-order chi connectivity index (χ0) is 18.1. The molecule has 0 saturated heterocycles. The fourth-order valence-corrected chi connectivity index (χ4v) is 3.87. The van der Waals surface area contributed by atoms with Crippen LogP contribution in [0.15, 0.2) is 24.3 Å². The Labute approximate surface area is 148 Å². The van der Waals surface area contributed by atoms with Gasteiger partial charge in [-0.25, -0.2) is 4.98 Å². The maximum absolute atomic E-state index is 10.7. The second-order valence-electron chi connectivity index (χ2n) is 7.43. The topological polar surface area (TPSA) is 65.3 Å². The van der Waals surface area contributed by atoms with Crippen LogP contribution < -0.4 is 4.43 Å². The lowest BCUT2D eigenvalue weighted by molar-refractivity contribution is -0.384. The molecular formula is C17H24N2O3SSi. The molecular weight excluding hydrogens is 340 g/mol. The van der Waals surface area contributed by atoms with Gasteiger partial charge >= 0.3 is 0 Å². The molecule has 7 heteroatoms. The van der Waals surface area contributed by atoms with E-state index in [4.69, 9.17) is 4.43 Å². The number of non-ortho nitro benzene ring substituents is 1. The summed E-state index contributed by atoms with van der Waals surface area (Å²) in [6.45, 7) is 13.1. The largest absolute Gasteiger partial charge is 0.530 e. The highest BCUT2D eigenvalue weighted by Gasteiger charge is 2.39. The molecule has 5 nitrogen and oxygen atoms in total. The Morgan fingerprint density at radius 1 is 1.25 bits per heavy atom. The van der Waals surface area contributed by atoms with Gasteiger partial charge in [-0.05, 0) is 30.6 Å². The van der Waals surface area contributed by atoms with Crippen molar-refractivity contribution in [3.8, 4) is 5.88 Å². The van der Waals surface area contributed by atoms with E-state index in [0.29, 0.717) is 6.42 Å². The molecule has 1 aromatic carbocycles. The molecule has 0 spiro atoms. The standard InChI is InChI=1S/C17H24N2O3SSi/c1-12-16(22-24(5,6)17(2,3)4)18-15(23-12)11-13-7-9-14(10-8-13)19(20)21/h7-10H,11H2,1-6H3. The van der Waals surface area contributed by atoms with Crippen LogP contribution in [0.1, 0.15) is 36.2 Å². The van der Waals surface area contributed by atoms with Crippen molar-refractivity contribution in [2.24, 2.45) is 0 Å². The first-order chi connectivity index (χ1) is 11.0. The number of hydrogen-bond donors (Lipinski definition) is 0. The summed E-state index contributed by atoms with van der Waals surface area (Å²) in [6, 6.07) is 6.62. The van der Waals surface area contributed by atoms with E-state index in [1.807, 2.05) is 6.92 Å². The molecule has 0 fully saturated rings. The molecule has 0 unspecified atom stereocenters. The van der Waals surface area contributed by atoms with E-state index < -0.39 is 8.32 Å². The van der Waals surface area contributed by atoms with Crippen LogP contribution in [-0.2, 0) is 6.42 Å². The maximum Gasteiger partial charge on any atom is 0.269 e. The molecule has 0 aliphatic carbocycles. The highest BCUT2D eigenvalue weighted by Crippen LogP contribution is 2.38. The van der Waals surface area contributed by atoms with Crippen LogP contribution >= 0.6 is 11.3 Å². The summed E-state index contributed by atoms with van der Waals surface area (Å²) in [6.07, 6.45) is 0.657. The van der Waals surface area contributed by atoms with E-state index in [9.17, 15) is 10.1 Å². The Hall–Kier alpha value is -1.73. The van der Waals surface area contributed by atoms with Crippen LogP contribution in [0.2, 0.25) is 18.1 Å². The van der Waals surface area contributed by atoms with Crippen LogP contribution in [0.4, 0.5) is 5.69 Å². The molecule has 0 aliphatic rings. The third-order valence-corrected chi connectivity index (χ3v) is 9.73. The van der Waals surface area contributed by atoms with E-state index in [0.717, 1.165) is 21.3 Å². The molecule has 2 aromatic rings. The number of rotatable bonds is 5. The first kappa shape index (κ1) is 18.6. The molecule has 0 aliphatic heterocycles. The van der Waals surface area contributed by atoms with Gasteiger partial charge in [0.15, 0.2) is 0 Å².